The summed E-state index contributed by atoms with van der Waals surface area (Å²) in [6.07, 6.45) is 1.56. The third-order valence-electron chi connectivity index (χ3n) is 3.79. The van der Waals surface area contributed by atoms with Crippen LogP contribution < -0.4 is 4.90 Å². The zero-order valence-corrected chi connectivity index (χ0v) is 11.8. The molecule has 2 rings (SSSR count). The summed E-state index contributed by atoms with van der Waals surface area (Å²) in [5, 5.41) is 9.27. The van der Waals surface area contributed by atoms with E-state index in [2.05, 4.69) is 4.90 Å². The number of anilines is 1. The number of aliphatic carboxylic acids is 1. The molecule has 1 N–H and O–H groups in total. The summed E-state index contributed by atoms with van der Waals surface area (Å²) >= 11 is 0. The molecule has 5 heteroatoms. The lowest BCUT2D eigenvalue weighted by Crippen LogP contribution is -2.52. The van der Waals surface area contributed by atoms with Gasteiger partial charge < -0.3 is 10.0 Å². The highest BCUT2D eigenvalue weighted by molar-refractivity contribution is 5.73. The van der Waals surface area contributed by atoms with Gasteiger partial charge in [0.2, 0.25) is 0 Å². The van der Waals surface area contributed by atoms with E-state index in [0.717, 1.165) is 38.3 Å². The number of rotatable bonds is 5. The number of hydrogen-bond donors (Lipinski definition) is 1. The number of carbonyl (C=O) groups is 1. The minimum atomic E-state index is -0.734. The molecule has 4 nitrogen and oxygen atoms in total. The van der Waals surface area contributed by atoms with Crippen LogP contribution in [0.1, 0.15) is 19.8 Å². The highest BCUT2D eigenvalue weighted by Gasteiger charge is 2.28. The maximum atomic E-state index is 12.9. The maximum absolute atomic E-state index is 12.9. The van der Waals surface area contributed by atoms with E-state index in [4.69, 9.17) is 0 Å². The average Bonchev–Trinajstić information content (AvgIpc) is 2.45. The van der Waals surface area contributed by atoms with Crippen LogP contribution in [0.15, 0.2) is 24.3 Å². The monoisotopic (exact) mass is 280 g/mol. The Morgan fingerprint density at radius 3 is 2.35 bits per heavy atom. The second kappa shape index (κ2) is 6.70. The van der Waals surface area contributed by atoms with Crippen LogP contribution in [0.3, 0.4) is 0 Å². The topological polar surface area (TPSA) is 43.8 Å². The van der Waals surface area contributed by atoms with Gasteiger partial charge in [-0.2, -0.15) is 0 Å². The fraction of sp³-hybridized carbons (Fsp3) is 0.533. The first kappa shape index (κ1) is 14.8. The van der Waals surface area contributed by atoms with Crippen molar-refractivity contribution in [3.05, 3.63) is 30.1 Å². The Morgan fingerprint density at radius 1 is 1.25 bits per heavy atom. The molecule has 1 aromatic carbocycles. The molecule has 0 unspecified atom stereocenters. The van der Waals surface area contributed by atoms with Gasteiger partial charge in [-0.05, 0) is 30.7 Å². The van der Waals surface area contributed by atoms with Crippen LogP contribution in [0, 0.1) is 5.82 Å². The fourth-order valence-corrected chi connectivity index (χ4v) is 2.68. The molecule has 0 saturated carbocycles. The lowest BCUT2D eigenvalue weighted by atomic mass is 10.1. The van der Waals surface area contributed by atoms with Crippen molar-refractivity contribution in [1.29, 1.82) is 0 Å². The van der Waals surface area contributed by atoms with Gasteiger partial charge in [0, 0.05) is 31.9 Å². The Hall–Kier alpha value is -1.62. The molecular formula is C15H21FN2O2. The van der Waals surface area contributed by atoms with E-state index in [1.165, 1.54) is 12.1 Å². The predicted octanol–water partition coefficient (Wildman–Crippen LogP) is 2.20. The molecule has 1 fully saturated rings. The number of hydrogen-bond acceptors (Lipinski definition) is 3. The van der Waals surface area contributed by atoms with E-state index >= 15 is 0 Å². The summed E-state index contributed by atoms with van der Waals surface area (Å²) < 4.78 is 12.9. The first-order valence-electron chi connectivity index (χ1n) is 7.09. The largest absolute Gasteiger partial charge is 0.480 e. The van der Waals surface area contributed by atoms with Crippen molar-refractivity contribution in [3.63, 3.8) is 0 Å². The van der Waals surface area contributed by atoms with Gasteiger partial charge in [0.1, 0.15) is 11.9 Å². The van der Waals surface area contributed by atoms with Crippen molar-refractivity contribution >= 4 is 11.7 Å². The second-order valence-electron chi connectivity index (χ2n) is 5.14. The van der Waals surface area contributed by atoms with Gasteiger partial charge in [-0.25, -0.2) is 4.39 Å². The van der Waals surface area contributed by atoms with Gasteiger partial charge in [0.05, 0.1) is 0 Å². The first-order chi connectivity index (χ1) is 9.61. The fourth-order valence-electron chi connectivity index (χ4n) is 2.68. The van der Waals surface area contributed by atoms with E-state index in [1.807, 2.05) is 11.8 Å². The number of benzene rings is 1. The molecule has 1 saturated heterocycles. The van der Waals surface area contributed by atoms with Crippen molar-refractivity contribution in [2.75, 3.05) is 31.1 Å². The van der Waals surface area contributed by atoms with Crippen molar-refractivity contribution in [2.24, 2.45) is 0 Å². The summed E-state index contributed by atoms with van der Waals surface area (Å²) in [4.78, 5) is 15.5. The van der Waals surface area contributed by atoms with Gasteiger partial charge >= 0.3 is 5.97 Å². The Balaban J connectivity index is 1.94. The van der Waals surface area contributed by atoms with E-state index < -0.39 is 5.97 Å². The highest BCUT2D eigenvalue weighted by atomic mass is 19.1. The van der Waals surface area contributed by atoms with Crippen LogP contribution in [-0.2, 0) is 4.79 Å². The third-order valence-corrected chi connectivity index (χ3v) is 3.79. The van der Waals surface area contributed by atoms with E-state index in [-0.39, 0.29) is 11.9 Å². The maximum Gasteiger partial charge on any atom is 0.320 e. The van der Waals surface area contributed by atoms with Gasteiger partial charge in [0.25, 0.3) is 0 Å². The van der Waals surface area contributed by atoms with Crippen molar-refractivity contribution in [2.45, 2.75) is 25.8 Å². The van der Waals surface area contributed by atoms with Gasteiger partial charge in [-0.15, -0.1) is 0 Å². The van der Waals surface area contributed by atoms with E-state index in [0.29, 0.717) is 6.42 Å². The van der Waals surface area contributed by atoms with Crippen LogP contribution in [0.25, 0.3) is 0 Å². The molecule has 0 spiro atoms. The number of halogens is 1. The summed E-state index contributed by atoms with van der Waals surface area (Å²) in [5.41, 5.74) is 0.994. The average molecular weight is 280 g/mol. The molecule has 0 aromatic heterocycles. The third kappa shape index (κ3) is 3.48. The summed E-state index contributed by atoms with van der Waals surface area (Å²) in [6, 6.07) is 6.07. The van der Waals surface area contributed by atoms with Gasteiger partial charge in [-0.3, -0.25) is 9.69 Å². The van der Waals surface area contributed by atoms with Gasteiger partial charge in [0.15, 0.2) is 0 Å². The van der Waals surface area contributed by atoms with Gasteiger partial charge in [-0.1, -0.05) is 13.3 Å². The Kier molecular flexibility index (Phi) is 4.95. The lowest BCUT2D eigenvalue weighted by Gasteiger charge is -2.38. The Bertz CT molecular complexity index is 442. The molecule has 0 radical (unpaired) electrons. The molecule has 1 aliphatic rings. The molecule has 1 heterocycles. The molecule has 0 aliphatic carbocycles. The molecule has 0 amide bonds. The van der Waals surface area contributed by atoms with Crippen LogP contribution in [0.5, 0.6) is 0 Å². The highest BCUT2D eigenvalue weighted by Crippen LogP contribution is 2.19. The van der Waals surface area contributed by atoms with E-state index in [1.54, 1.807) is 12.1 Å². The molecule has 1 aliphatic heterocycles. The number of carboxylic acids is 1. The first-order valence-corrected chi connectivity index (χ1v) is 7.09. The summed E-state index contributed by atoms with van der Waals surface area (Å²) in [5.74, 6) is -0.969. The minimum Gasteiger partial charge on any atom is -0.480 e. The summed E-state index contributed by atoms with van der Waals surface area (Å²) in [6.45, 7) is 5.02. The molecule has 20 heavy (non-hydrogen) atoms. The zero-order valence-electron chi connectivity index (χ0n) is 11.8. The quantitative estimate of drug-likeness (QED) is 0.898. The standard InChI is InChI=1S/C15H21FN2O2/c1-2-3-14(15(19)20)18-10-8-17(9-11-18)13-6-4-12(16)5-7-13/h4-7,14H,2-3,8-11H2,1H3,(H,19,20)/t14-/m1/s1. The molecule has 110 valence electrons. The van der Waals surface area contributed by atoms with E-state index in [9.17, 15) is 14.3 Å². The lowest BCUT2D eigenvalue weighted by molar-refractivity contribution is -0.143. The Labute approximate surface area is 118 Å². The zero-order chi connectivity index (χ0) is 14.5. The molecule has 1 aromatic rings. The minimum absolute atomic E-state index is 0.235. The summed E-state index contributed by atoms with van der Waals surface area (Å²) in [7, 11) is 0. The predicted molar refractivity (Wildman–Crippen MR) is 76.5 cm³/mol. The molecule has 0 bridgehead atoms. The number of nitrogens with zero attached hydrogens (tertiary/aromatic N) is 2. The Morgan fingerprint density at radius 2 is 1.85 bits per heavy atom. The SMILES string of the molecule is CCC[C@H](C(=O)O)N1CCN(c2ccc(F)cc2)CC1. The van der Waals surface area contributed by atoms with Crippen molar-refractivity contribution in [1.82, 2.24) is 4.90 Å². The number of carboxylic acid groups (broad SMARTS) is 1. The second-order valence-corrected chi connectivity index (χ2v) is 5.14. The molecule has 1 atom stereocenters. The van der Waals surface area contributed by atoms with Crippen LogP contribution in [0.2, 0.25) is 0 Å². The van der Waals surface area contributed by atoms with Crippen LogP contribution in [-0.4, -0.2) is 48.2 Å². The van der Waals surface area contributed by atoms with Crippen LogP contribution >= 0.6 is 0 Å². The van der Waals surface area contributed by atoms with Crippen molar-refractivity contribution in [3.8, 4) is 0 Å². The number of piperazine rings is 1. The smallest absolute Gasteiger partial charge is 0.320 e. The van der Waals surface area contributed by atoms with Crippen LogP contribution in [0.4, 0.5) is 10.1 Å². The normalized spacial score (nSPS) is 18.0. The molecular weight excluding hydrogens is 259 g/mol. The van der Waals surface area contributed by atoms with Crippen molar-refractivity contribution < 1.29 is 14.3 Å².